The normalized spacial score (nSPS) is 12.7. The maximum Gasteiger partial charge on any atom is 0.130 e. The molecule has 2 N–H and O–H groups in total. The smallest absolute Gasteiger partial charge is 0.130 e. The van der Waals surface area contributed by atoms with Crippen LogP contribution in [0.25, 0.3) is 10.8 Å². The lowest BCUT2D eigenvalue weighted by Gasteiger charge is -2.18. The van der Waals surface area contributed by atoms with E-state index in [-0.39, 0.29) is 26.4 Å². The average molecular weight is 827 g/mol. The second-order valence-electron chi connectivity index (χ2n) is 17.7. The summed E-state index contributed by atoms with van der Waals surface area (Å²) in [7, 11) is 0. The minimum Gasteiger partial charge on any atom is -0.490 e. The number of hydrogen-bond donors (Lipinski definition) is 2. The van der Waals surface area contributed by atoms with E-state index in [0.29, 0.717) is 19.0 Å². The van der Waals surface area contributed by atoms with Crippen molar-refractivity contribution in [2.75, 3.05) is 39.6 Å². The standard InChI is InChI=1S/C53H94O6/c1-4-6-8-10-12-14-16-18-20-22-24-26-28-30-32-34-41-56-43-48(54)45-58-52-38-36-37-51-50(52)40-39-47(3)53(51)59-46-49(55)44-57-42-35-33-31-29-27-25-23-21-19-17-15-13-11-9-7-5-2/h36-40,48-49,54-55H,4-35,41-46H2,1-3H3. The summed E-state index contributed by atoms with van der Waals surface area (Å²) < 4.78 is 23.8. The predicted molar refractivity (Wildman–Crippen MR) is 252 cm³/mol. The first-order chi connectivity index (χ1) is 29.1. The van der Waals surface area contributed by atoms with Crippen molar-refractivity contribution in [2.45, 2.75) is 238 Å². The minimum absolute atomic E-state index is 0.164. The van der Waals surface area contributed by atoms with E-state index in [1.54, 1.807) is 0 Å². The number of aryl methyl sites for hydroxylation is 1. The Balaban J connectivity index is 1.48. The Morgan fingerprint density at radius 1 is 0.390 bits per heavy atom. The van der Waals surface area contributed by atoms with Crippen LogP contribution < -0.4 is 9.47 Å². The molecule has 0 aliphatic carbocycles. The molecule has 2 unspecified atom stereocenters. The minimum atomic E-state index is -0.695. The van der Waals surface area contributed by atoms with Gasteiger partial charge in [-0.25, -0.2) is 0 Å². The lowest BCUT2D eigenvalue weighted by atomic mass is 10.0. The summed E-state index contributed by atoms with van der Waals surface area (Å²) in [6, 6.07) is 9.93. The number of aliphatic hydroxyl groups is 2. The highest BCUT2D eigenvalue weighted by atomic mass is 16.5. The Hall–Kier alpha value is -1.86. The fourth-order valence-corrected chi connectivity index (χ4v) is 8.13. The van der Waals surface area contributed by atoms with Crippen LogP contribution >= 0.6 is 0 Å². The highest BCUT2D eigenvalue weighted by molar-refractivity contribution is 5.94. The molecule has 2 aromatic carbocycles. The molecule has 0 saturated heterocycles. The summed E-state index contributed by atoms with van der Waals surface area (Å²) in [6.07, 6.45) is 41.9. The van der Waals surface area contributed by atoms with E-state index in [1.807, 2.05) is 37.3 Å². The van der Waals surface area contributed by atoms with E-state index in [9.17, 15) is 10.2 Å². The third-order valence-electron chi connectivity index (χ3n) is 11.9. The zero-order valence-corrected chi connectivity index (χ0v) is 38.9. The lowest BCUT2D eigenvalue weighted by molar-refractivity contribution is 0.0109. The van der Waals surface area contributed by atoms with E-state index in [4.69, 9.17) is 18.9 Å². The Morgan fingerprint density at radius 2 is 0.746 bits per heavy atom. The zero-order valence-electron chi connectivity index (χ0n) is 38.9. The average Bonchev–Trinajstić information content (AvgIpc) is 3.24. The molecular formula is C53H94O6. The molecule has 0 spiro atoms. The largest absolute Gasteiger partial charge is 0.490 e. The first kappa shape index (κ1) is 53.3. The molecule has 6 heteroatoms. The van der Waals surface area contributed by atoms with Gasteiger partial charge >= 0.3 is 0 Å². The molecular weight excluding hydrogens is 733 g/mol. The monoisotopic (exact) mass is 827 g/mol. The molecule has 0 fully saturated rings. The van der Waals surface area contributed by atoms with Crippen LogP contribution in [-0.4, -0.2) is 62.1 Å². The quantitative estimate of drug-likeness (QED) is 0.0648. The van der Waals surface area contributed by atoms with Gasteiger partial charge in [-0.05, 0) is 31.4 Å². The van der Waals surface area contributed by atoms with E-state index < -0.39 is 12.2 Å². The van der Waals surface area contributed by atoms with Gasteiger partial charge in [0.1, 0.15) is 36.9 Å². The Labute approximate surface area is 364 Å². The molecule has 0 amide bonds. The van der Waals surface area contributed by atoms with Crippen LogP contribution in [0.2, 0.25) is 0 Å². The summed E-state index contributed by atoms with van der Waals surface area (Å²) in [5.74, 6) is 1.44. The van der Waals surface area contributed by atoms with Crippen LogP contribution in [0.4, 0.5) is 0 Å². The van der Waals surface area contributed by atoms with E-state index >= 15 is 0 Å². The SMILES string of the molecule is CCCCCCCCCCCCCCCCCCOCC(O)COc1cccc2c(OCC(O)COCCCCCCCCCCCCCCCCCC)c(C)ccc12. The molecule has 0 radical (unpaired) electrons. The molecule has 0 heterocycles. The van der Waals surface area contributed by atoms with Crippen molar-refractivity contribution in [3.05, 3.63) is 35.9 Å². The number of ether oxygens (including phenoxy) is 4. The van der Waals surface area contributed by atoms with Crippen molar-refractivity contribution in [1.29, 1.82) is 0 Å². The molecule has 0 aliphatic rings. The number of hydrogen-bond acceptors (Lipinski definition) is 6. The molecule has 0 bridgehead atoms. The van der Waals surface area contributed by atoms with Gasteiger partial charge in [-0.1, -0.05) is 231 Å². The Bertz CT molecular complexity index is 1200. The summed E-state index contributed by atoms with van der Waals surface area (Å²) in [4.78, 5) is 0. The van der Waals surface area contributed by atoms with Gasteiger partial charge in [-0.2, -0.15) is 0 Å². The van der Waals surface area contributed by atoms with Crippen molar-refractivity contribution in [3.8, 4) is 11.5 Å². The number of benzene rings is 2. The molecule has 59 heavy (non-hydrogen) atoms. The highest BCUT2D eigenvalue weighted by Crippen LogP contribution is 2.35. The topological polar surface area (TPSA) is 77.4 Å². The van der Waals surface area contributed by atoms with E-state index in [2.05, 4.69) is 13.8 Å². The van der Waals surface area contributed by atoms with Gasteiger partial charge in [-0.3, -0.25) is 0 Å². The molecule has 2 rings (SSSR count). The van der Waals surface area contributed by atoms with Gasteiger partial charge in [0.25, 0.3) is 0 Å². The molecule has 0 aromatic heterocycles. The van der Waals surface area contributed by atoms with Crippen molar-refractivity contribution in [1.82, 2.24) is 0 Å². The number of unbranched alkanes of at least 4 members (excludes halogenated alkanes) is 30. The third-order valence-corrected chi connectivity index (χ3v) is 11.9. The van der Waals surface area contributed by atoms with Gasteiger partial charge in [0.2, 0.25) is 0 Å². The zero-order chi connectivity index (χ0) is 42.3. The van der Waals surface area contributed by atoms with Gasteiger partial charge in [0, 0.05) is 24.0 Å². The van der Waals surface area contributed by atoms with E-state index in [0.717, 1.165) is 34.9 Å². The second kappa shape index (κ2) is 39.0. The van der Waals surface area contributed by atoms with Crippen LogP contribution in [-0.2, 0) is 9.47 Å². The van der Waals surface area contributed by atoms with Crippen molar-refractivity contribution >= 4 is 10.8 Å². The first-order valence-corrected chi connectivity index (χ1v) is 25.4. The van der Waals surface area contributed by atoms with Crippen molar-refractivity contribution in [2.24, 2.45) is 0 Å². The Morgan fingerprint density at radius 3 is 1.14 bits per heavy atom. The van der Waals surface area contributed by atoms with Crippen molar-refractivity contribution < 1.29 is 29.2 Å². The summed E-state index contributed by atoms with van der Waals surface area (Å²) in [5.41, 5.74) is 0.999. The van der Waals surface area contributed by atoms with E-state index in [1.165, 1.54) is 193 Å². The van der Waals surface area contributed by atoms with Crippen LogP contribution in [0.15, 0.2) is 30.3 Å². The van der Waals surface area contributed by atoms with Gasteiger partial charge in [-0.15, -0.1) is 0 Å². The van der Waals surface area contributed by atoms with Crippen molar-refractivity contribution in [3.63, 3.8) is 0 Å². The maximum absolute atomic E-state index is 10.6. The van der Waals surface area contributed by atoms with Crippen LogP contribution in [0, 0.1) is 6.92 Å². The maximum atomic E-state index is 10.6. The molecule has 0 saturated carbocycles. The summed E-state index contributed by atoms with van der Waals surface area (Å²) in [5, 5.41) is 23.0. The Kier molecular flexibility index (Phi) is 35.2. The number of rotatable bonds is 44. The predicted octanol–water partition coefficient (Wildman–Crippen LogP) is 15.2. The fourth-order valence-electron chi connectivity index (χ4n) is 8.13. The number of fused-ring (bicyclic) bond motifs is 1. The van der Waals surface area contributed by atoms with Crippen LogP contribution in [0.5, 0.6) is 11.5 Å². The van der Waals surface area contributed by atoms with Gasteiger partial charge in [0.05, 0.1) is 13.2 Å². The van der Waals surface area contributed by atoms with Crippen LogP contribution in [0.1, 0.15) is 225 Å². The number of aliphatic hydroxyl groups excluding tert-OH is 2. The second-order valence-corrected chi connectivity index (χ2v) is 17.7. The van der Waals surface area contributed by atoms with Gasteiger partial charge < -0.3 is 29.2 Å². The lowest BCUT2D eigenvalue weighted by Crippen LogP contribution is -2.24. The summed E-state index contributed by atoms with van der Waals surface area (Å²) >= 11 is 0. The first-order valence-electron chi connectivity index (χ1n) is 25.4. The highest BCUT2D eigenvalue weighted by Gasteiger charge is 2.14. The molecule has 6 nitrogen and oxygen atoms in total. The fraction of sp³-hybridized carbons (Fsp3) is 0.811. The molecule has 2 aromatic rings. The van der Waals surface area contributed by atoms with Crippen LogP contribution in [0.3, 0.4) is 0 Å². The summed E-state index contributed by atoms with van der Waals surface area (Å²) in [6.45, 7) is 8.83. The third kappa shape index (κ3) is 29.1. The van der Waals surface area contributed by atoms with Gasteiger partial charge in [0.15, 0.2) is 0 Å². The molecule has 342 valence electrons. The molecule has 2 atom stereocenters. The molecule has 0 aliphatic heterocycles.